The average Bonchev–Trinajstić information content (AvgIpc) is 2.69. The Morgan fingerprint density at radius 3 is 2.81 bits per heavy atom. The molecule has 2 heteroatoms. The van der Waals surface area contributed by atoms with Gasteiger partial charge in [-0.25, -0.2) is 0 Å². The van der Waals surface area contributed by atoms with Crippen molar-refractivity contribution < 1.29 is 4.79 Å². The first kappa shape index (κ1) is 9.91. The molecule has 0 saturated heterocycles. The van der Waals surface area contributed by atoms with Crippen molar-refractivity contribution in [1.29, 1.82) is 0 Å². The molecule has 1 spiro atoms. The molecular weight excluding hydrogens is 216 g/mol. The summed E-state index contributed by atoms with van der Waals surface area (Å²) in [6.45, 7) is 6.20. The van der Waals surface area contributed by atoms with Crippen LogP contribution in [0.15, 0.2) is 47.4 Å². The van der Waals surface area contributed by atoms with Crippen LogP contribution in [0.1, 0.15) is 29.3 Å². The Hall–Kier alpha value is -1.28. The van der Waals surface area contributed by atoms with Crippen molar-refractivity contribution in [1.82, 2.24) is 0 Å². The molecule has 2 aliphatic rings. The zero-order valence-corrected chi connectivity index (χ0v) is 9.93. The molecule has 1 nitrogen and oxygen atoms in total. The predicted octanol–water partition coefficient (Wildman–Crippen LogP) is 3.68. The smallest absolute Gasteiger partial charge is 0.165 e. The van der Waals surface area contributed by atoms with Gasteiger partial charge < -0.3 is 0 Å². The zero-order valence-electron chi connectivity index (χ0n) is 9.12. The topological polar surface area (TPSA) is 17.1 Å². The Labute approximate surface area is 99.2 Å². The third-order valence-corrected chi connectivity index (χ3v) is 4.72. The molecule has 0 fully saturated rings. The van der Waals surface area contributed by atoms with Crippen LogP contribution >= 0.6 is 11.8 Å². The van der Waals surface area contributed by atoms with E-state index in [4.69, 9.17) is 0 Å². The predicted molar refractivity (Wildman–Crippen MR) is 67.6 cm³/mol. The van der Waals surface area contributed by atoms with Crippen LogP contribution in [0.4, 0.5) is 0 Å². The number of Topliss-reactive ketones (excluding diaryl/α,β-unsaturated/α-hetero) is 1. The highest BCUT2D eigenvalue weighted by molar-refractivity contribution is 8.04. The van der Waals surface area contributed by atoms with Gasteiger partial charge >= 0.3 is 0 Å². The molecule has 16 heavy (non-hydrogen) atoms. The van der Waals surface area contributed by atoms with E-state index in [9.17, 15) is 4.79 Å². The van der Waals surface area contributed by atoms with Crippen molar-refractivity contribution in [2.75, 3.05) is 0 Å². The van der Waals surface area contributed by atoms with Crippen molar-refractivity contribution in [2.45, 2.75) is 18.1 Å². The number of benzene rings is 1. The van der Waals surface area contributed by atoms with Gasteiger partial charge in [0.05, 0.1) is 4.75 Å². The molecule has 1 aliphatic carbocycles. The molecule has 0 saturated carbocycles. The summed E-state index contributed by atoms with van der Waals surface area (Å²) in [4.78, 5) is 13.2. The van der Waals surface area contributed by atoms with Gasteiger partial charge in [0, 0.05) is 12.0 Å². The first-order valence-electron chi connectivity index (χ1n) is 5.33. The lowest BCUT2D eigenvalue weighted by molar-refractivity contribution is 0.0989. The quantitative estimate of drug-likeness (QED) is 0.674. The molecule has 1 unspecified atom stereocenters. The summed E-state index contributed by atoms with van der Waals surface area (Å²) in [6.07, 6.45) is 2.66. The number of thioether (sulfide) groups is 1. The van der Waals surface area contributed by atoms with Crippen molar-refractivity contribution in [2.24, 2.45) is 0 Å². The Bertz CT molecular complexity index is 541. The lowest BCUT2D eigenvalue weighted by Gasteiger charge is -2.24. The summed E-state index contributed by atoms with van der Waals surface area (Å²) in [5, 5.41) is 0. The van der Waals surface area contributed by atoms with Crippen molar-refractivity contribution in [3.05, 3.63) is 58.5 Å². The second-order valence-electron chi connectivity index (χ2n) is 4.35. The lowest BCUT2D eigenvalue weighted by Crippen LogP contribution is -2.17. The number of carbonyl (C=O) groups excluding carboxylic acids is 1. The molecule has 0 bridgehead atoms. The van der Waals surface area contributed by atoms with Crippen LogP contribution in [0.3, 0.4) is 0 Å². The first-order valence-corrected chi connectivity index (χ1v) is 6.14. The molecule has 1 aromatic carbocycles. The van der Waals surface area contributed by atoms with Crippen molar-refractivity contribution in [3.63, 3.8) is 0 Å². The van der Waals surface area contributed by atoms with Gasteiger partial charge in [0.25, 0.3) is 0 Å². The maximum Gasteiger partial charge on any atom is 0.165 e. The SMILES string of the molecule is C=C1C=C(C)SC12CC(=O)c1ccccc12. The molecule has 1 aliphatic heterocycles. The molecule has 1 aromatic rings. The van der Waals surface area contributed by atoms with Gasteiger partial charge in [0.2, 0.25) is 0 Å². The van der Waals surface area contributed by atoms with Crippen LogP contribution < -0.4 is 0 Å². The fourth-order valence-corrected chi connectivity index (χ4v) is 4.04. The molecule has 1 atom stereocenters. The van der Waals surface area contributed by atoms with Crippen LogP contribution in [0.25, 0.3) is 0 Å². The number of rotatable bonds is 0. The van der Waals surface area contributed by atoms with Gasteiger partial charge in [-0.1, -0.05) is 30.8 Å². The normalized spacial score (nSPS) is 27.4. The number of ketones is 1. The molecular formula is C14H12OS. The fraction of sp³-hybridized carbons (Fsp3) is 0.214. The first-order chi connectivity index (χ1) is 7.63. The standard InChI is InChI=1S/C14H12OS/c1-9-7-10(2)16-14(9)8-13(15)11-5-3-4-6-12(11)14/h3-7H,1,8H2,2H3. The Balaban J connectivity index is 2.21. The summed E-state index contributed by atoms with van der Waals surface area (Å²) < 4.78 is -0.197. The second-order valence-corrected chi connectivity index (χ2v) is 5.90. The van der Waals surface area contributed by atoms with E-state index >= 15 is 0 Å². The summed E-state index contributed by atoms with van der Waals surface area (Å²) in [5.41, 5.74) is 3.08. The molecule has 0 aromatic heterocycles. The van der Waals surface area contributed by atoms with Gasteiger partial charge in [-0.15, -0.1) is 11.8 Å². The summed E-state index contributed by atoms with van der Waals surface area (Å²) >= 11 is 1.77. The highest BCUT2D eigenvalue weighted by atomic mass is 32.2. The van der Waals surface area contributed by atoms with Gasteiger partial charge in [-0.3, -0.25) is 4.79 Å². The molecule has 1 heterocycles. The van der Waals surface area contributed by atoms with Crippen LogP contribution in [0.5, 0.6) is 0 Å². The van der Waals surface area contributed by atoms with Crippen molar-refractivity contribution in [3.8, 4) is 0 Å². The average molecular weight is 228 g/mol. The summed E-state index contributed by atoms with van der Waals surface area (Å²) in [6, 6.07) is 7.91. The highest BCUT2D eigenvalue weighted by Crippen LogP contribution is 2.58. The van der Waals surface area contributed by atoms with E-state index in [1.807, 2.05) is 18.2 Å². The third-order valence-electron chi connectivity index (χ3n) is 3.30. The van der Waals surface area contributed by atoms with Crippen LogP contribution in [-0.4, -0.2) is 5.78 Å². The van der Waals surface area contributed by atoms with E-state index in [-0.39, 0.29) is 10.5 Å². The zero-order chi connectivity index (χ0) is 11.3. The number of hydrogen-bond donors (Lipinski definition) is 0. The van der Waals surface area contributed by atoms with E-state index in [1.54, 1.807) is 11.8 Å². The molecule has 0 N–H and O–H groups in total. The van der Waals surface area contributed by atoms with Gasteiger partial charge in [-0.05, 0) is 29.0 Å². The van der Waals surface area contributed by atoms with Gasteiger partial charge in [-0.2, -0.15) is 0 Å². The number of carbonyl (C=O) groups is 1. The van der Waals surface area contributed by atoms with E-state index in [2.05, 4.69) is 25.6 Å². The summed E-state index contributed by atoms with van der Waals surface area (Å²) in [7, 11) is 0. The minimum absolute atomic E-state index is 0.197. The van der Waals surface area contributed by atoms with E-state index in [1.165, 1.54) is 4.91 Å². The largest absolute Gasteiger partial charge is 0.294 e. The second kappa shape index (κ2) is 3.11. The number of fused-ring (bicyclic) bond motifs is 2. The molecule has 0 radical (unpaired) electrons. The minimum atomic E-state index is -0.197. The van der Waals surface area contributed by atoms with Crippen molar-refractivity contribution >= 4 is 17.5 Å². The maximum atomic E-state index is 12.0. The van der Waals surface area contributed by atoms with Gasteiger partial charge in [0.15, 0.2) is 5.78 Å². The van der Waals surface area contributed by atoms with Crippen LogP contribution in [0.2, 0.25) is 0 Å². The molecule has 3 rings (SSSR count). The molecule has 80 valence electrons. The fourth-order valence-electron chi connectivity index (χ4n) is 2.60. The molecule has 0 amide bonds. The van der Waals surface area contributed by atoms with Gasteiger partial charge in [0.1, 0.15) is 0 Å². The van der Waals surface area contributed by atoms with E-state index < -0.39 is 0 Å². The lowest BCUT2D eigenvalue weighted by atomic mass is 9.93. The van der Waals surface area contributed by atoms with Crippen LogP contribution in [-0.2, 0) is 4.75 Å². The maximum absolute atomic E-state index is 12.0. The minimum Gasteiger partial charge on any atom is -0.294 e. The third kappa shape index (κ3) is 1.11. The van der Waals surface area contributed by atoms with Crippen LogP contribution in [0, 0.1) is 0 Å². The monoisotopic (exact) mass is 228 g/mol. The Morgan fingerprint density at radius 2 is 2.12 bits per heavy atom. The number of hydrogen-bond acceptors (Lipinski definition) is 2. The van der Waals surface area contributed by atoms with E-state index in [0.717, 1.165) is 16.7 Å². The van der Waals surface area contributed by atoms with E-state index in [0.29, 0.717) is 6.42 Å². The Kier molecular flexibility index (Phi) is 1.93. The number of allylic oxidation sites excluding steroid dienone is 2. The highest BCUT2D eigenvalue weighted by Gasteiger charge is 2.47. The Morgan fingerprint density at radius 1 is 1.38 bits per heavy atom. The summed E-state index contributed by atoms with van der Waals surface area (Å²) in [5.74, 6) is 0.243.